The minimum Gasteiger partial charge on any atom is -0.409 e. The van der Waals surface area contributed by atoms with E-state index in [9.17, 15) is 8.42 Å². The highest BCUT2D eigenvalue weighted by Crippen LogP contribution is 2.19. The molecule has 16 heavy (non-hydrogen) atoms. The third-order valence-electron chi connectivity index (χ3n) is 1.97. The van der Waals surface area contributed by atoms with E-state index in [1.165, 1.54) is 11.4 Å². The SMILES string of the molecule is CN(CC/C(N)=N/O)S(=O)(=O)c1cccs1. The number of nitrogens with zero attached hydrogens (tertiary/aromatic N) is 2. The highest BCUT2D eigenvalue weighted by atomic mass is 32.2. The molecular formula is C8H13N3O3S2. The quantitative estimate of drug-likeness (QED) is 0.350. The predicted molar refractivity (Wildman–Crippen MR) is 62.2 cm³/mol. The van der Waals surface area contributed by atoms with E-state index in [-0.39, 0.29) is 23.0 Å². The molecule has 1 aromatic heterocycles. The minimum atomic E-state index is -3.44. The van der Waals surface area contributed by atoms with Gasteiger partial charge >= 0.3 is 0 Å². The van der Waals surface area contributed by atoms with Crippen LogP contribution < -0.4 is 5.73 Å². The predicted octanol–water partition coefficient (Wildman–Crippen LogP) is 0.505. The van der Waals surface area contributed by atoms with Crippen molar-refractivity contribution in [3.63, 3.8) is 0 Å². The number of sulfonamides is 1. The van der Waals surface area contributed by atoms with Gasteiger partial charge in [-0.2, -0.15) is 4.31 Å². The molecule has 3 N–H and O–H groups in total. The Morgan fingerprint density at radius 2 is 2.38 bits per heavy atom. The molecule has 0 fully saturated rings. The Morgan fingerprint density at radius 3 is 2.88 bits per heavy atom. The lowest BCUT2D eigenvalue weighted by Crippen LogP contribution is -2.30. The van der Waals surface area contributed by atoms with Gasteiger partial charge < -0.3 is 10.9 Å². The molecule has 0 radical (unpaired) electrons. The van der Waals surface area contributed by atoms with Gasteiger partial charge in [-0.05, 0) is 11.4 Å². The summed E-state index contributed by atoms with van der Waals surface area (Å²) in [5.74, 6) is 0.00762. The van der Waals surface area contributed by atoms with Crippen molar-refractivity contribution in [2.45, 2.75) is 10.6 Å². The molecule has 6 nitrogen and oxygen atoms in total. The molecule has 1 rings (SSSR count). The van der Waals surface area contributed by atoms with E-state index >= 15 is 0 Å². The van der Waals surface area contributed by atoms with Crippen LogP contribution in [0.5, 0.6) is 0 Å². The van der Waals surface area contributed by atoms with Crippen LogP contribution >= 0.6 is 11.3 Å². The van der Waals surface area contributed by atoms with Crippen molar-refractivity contribution < 1.29 is 13.6 Å². The van der Waals surface area contributed by atoms with Gasteiger partial charge in [0.15, 0.2) is 0 Å². The molecule has 0 saturated carbocycles. The first-order valence-corrected chi connectivity index (χ1v) is 6.76. The van der Waals surface area contributed by atoms with Crippen molar-refractivity contribution in [2.24, 2.45) is 10.9 Å². The number of nitrogens with two attached hydrogens (primary N) is 1. The molecule has 90 valence electrons. The van der Waals surface area contributed by atoms with Gasteiger partial charge in [0.2, 0.25) is 0 Å². The fourth-order valence-corrected chi connectivity index (χ4v) is 3.38. The summed E-state index contributed by atoms with van der Waals surface area (Å²) in [6.45, 7) is 0.177. The van der Waals surface area contributed by atoms with Crippen molar-refractivity contribution in [1.82, 2.24) is 4.31 Å². The van der Waals surface area contributed by atoms with Gasteiger partial charge in [0, 0.05) is 20.0 Å². The Labute approximate surface area is 98.0 Å². The van der Waals surface area contributed by atoms with E-state index in [2.05, 4.69) is 5.16 Å². The van der Waals surface area contributed by atoms with Crippen LogP contribution in [0.4, 0.5) is 0 Å². The minimum absolute atomic E-state index is 0.00762. The molecule has 0 aromatic carbocycles. The van der Waals surface area contributed by atoms with Gasteiger partial charge in [-0.1, -0.05) is 11.2 Å². The summed E-state index contributed by atoms with van der Waals surface area (Å²) in [5.41, 5.74) is 5.26. The van der Waals surface area contributed by atoms with E-state index < -0.39 is 10.0 Å². The fraction of sp³-hybridized carbons (Fsp3) is 0.375. The number of amidine groups is 1. The molecule has 0 aliphatic rings. The summed E-state index contributed by atoms with van der Waals surface area (Å²) in [6, 6.07) is 3.22. The van der Waals surface area contributed by atoms with Crippen LogP contribution in [0, 0.1) is 0 Å². The third kappa shape index (κ3) is 2.94. The van der Waals surface area contributed by atoms with E-state index in [4.69, 9.17) is 10.9 Å². The number of hydrogen-bond donors (Lipinski definition) is 2. The number of oxime groups is 1. The Balaban J connectivity index is 2.71. The summed E-state index contributed by atoms with van der Waals surface area (Å²) in [5, 5.41) is 12.8. The average Bonchev–Trinajstić information content (AvgIpc) is 2.78. The van der Waals surface area contributed by atoms with Crippen molar-refractivity contribution in [3.8, 4) is 0 Å². The molecule has 0 spiro atoms. The highest BCUT2D eigenvalue weighted by molar-refractivity contribution is 7.91. The molecule has 0 unspecified atom stereocenters. The maximum absolute atomic E-state index is 11.9. The van der Waals surface area contributed by atoms with Crippen LogP contribution in [0.3, 0.4) is 0 Å². The first kappa shape index (κ1) is 12.9. The van der Waals surface area contributed by atoms with Crippen LogP contribution in [0.2, 0.25) is 0 Å². The fourth-order valence-electron chi connectivity index (χ4n) is 1.01. The van der Waals surface area contributed by atoms with E-state index in [1.54, 1.807) is 17.5 Å². The second-order valence-corrected chi connectivity index (χ2v) is 6.32. The molecule has 0 aliphatic heterocycles. The second-order valence-electron chi connectivity index (χ2n) is 3.10. The van der Waals surface area contributed by atoms with E-state index in [0.29, 0.717) is 0 Å². The molecule has 1 heterocycles. The van der Waals surface area contributed by atoms with Crippen LogP contribution in [0.25, 0.3) is 0 Å². The van der Waals surface area contributed by atoms with E-state index in [1.807, 2.05) is 0 Å². The largest absolute Gasteiger partial charge is 0.409 e. The average molecular weight is 263 g/mol. The first-order chi connectivity index (χ1) is 7.48. The van der Waals surface area contributed by atoms with Crippen molar-refractivity contribution in [3.05, 3.63) is 17.5 Å². The van der Waals surface area contributed by atoms with Crippen molar-refractivity contribution >= 4 is 27.2 Å². The monoisotopic (exact) mass is 263 g/mol. The molecular weight excluding hydrogens is 250 g/mol. The van der Waals surface area contributed by atoms with E-state index in [0.717, 1.165) is 11.3 Å². The summed E-state index contributed by atoms with van der Waals surface area (Å²) < 4.78 is 25.2. The maximum atomic E-state index is 11.9. The topological polar surface area (TPSA) is 96.0 Å². The normalized spacial score (nSPS) is 13.2. The second kappa shape index (κ2) is 5.28. The van der Waals surface area contributed by atoms with Gasteiger partial charge in [0.1, 0.15) is 10.0 Å². The number of thiophene rings is 1. The standard InChI is InChI=1S/C8H13N3O3S2/c1-11(5-4-7(9)10-12)16(13,14)8-3-2-6-15-8/h2-3,6,12H,4-5H2,1H3,(H2,9,10). The van der Waals surface area contributed by atoms with Crippen LogP contribution in [-0.4, -0.2) is 37.4 Å². The van der Waals surface area contributed by atoms with Gasteiger partial charge in [-0.3, -0.25) is 0 Å². The summed E-state index contributed by atoms with van der Waals surface area (Å²) in [7, 11) is -1.98. The summed E-state index contributed by atoms with van der Waals surface area (Å²) in [4.78, 5) is 0. The zero-order chi connectivity index (χ0) is 12.2. The van der Waals surface area contributed by atoms with Crippen molar-refractivity contribution in [1.29, 1.82) is 0 Å². The highest BCUT2D eigenvalue weighted by Gasteiger charge is 2.21. The summed E-state index contributed by atoms with van der Waals surface area (Å²) in [6.07, 6.45) is 0.192. The zero-order valence-corrected chi connectivity index (χ0v) is 10.3. The maximum Gasteiger partial charge on any atom is 0.252 e. The molecule has 0 amide bonds. The molecule has 0 bridgehead atoms. The number of hydrogen-bond acceptors (Lipinski definition) is 5. The van der Waals surface area contributed by atoms with Gasteiger partial charge in [-0.15, -0.1) is 11.3 Å². The lowest BCUT2D eigenvalue weighted by molar-refractivity contribution is 0.316. The number of rotatable bonds is 5. The van der Waals surface area contributed by atoms with Gasteiger partial charge in [-0.25, -0.2) is 8.42 Å². The molecule has 1 aromatic rings. The Hall–Kier alpha value is -1.12. The molecule has 0 aliphatic carbocycles. The summed E-state index contributed by atoms with van der Waals surface area (Å²) >= 11 is 1.16. The molecule has 0 saturated heterocycles. The van der Waals surface area contributed by atoms with Crippen LogP contribution in [-0.2, 0) is 10.0 Å². The molecule has 0 atom stereocenters. The van der Waals surface area contributed by atoms with Gasteiger partial charge in [0.25, 0.3) is 10.0 Å². The van der Waals surface area contributed by atoms with Gasteiger partial charge in [0.05, 0.1) is 0 Å². The lowest BCUT2D eigenvalue weighted by atomic mass is 10.4. The molecule has 8 heteroatoms. The smallest absolute Gasteiger partial charge is 0.252 e. The Kier molecular flexibility index (Phi) is 4.27. The van der Waals surface area contributed by atoms with Crippen molar-refractivity contribution in [2.75, 3.05) is 13.6 Å². The lowest BCUT2D eigenvalue weighted by Gasteiger charge is -2.15. The Morgan fingerprint density at radius 1 is 1.69 bits per heavy atom. The Bertz CT molecular complexity index is 453. The van der Waals surface area contributed by atoms with Crippen LogP contribution in [0.15, 0.2) is 26.9 Å². The van der Waals surface area contributed by atoms with Crippen LogP contribution in [0.1, 0.15) is 6.42 Å². The zero-order valence-electron chi connectivity index (χ0n) is 8.70. The first-order valence-electron chi connectivity index (χ1n) is 4.44. The third-order valence-corrected chi connectivity index (χ3v) is 5.20.